The molecule has 0 spiro atoms. The largest absolute Gasteiger partial charge is 0.265 e. The van der Waals surface area contributed by atoms with E-state index in [0.29, 0.717) is 0 Å². The first kappa shape index (κ1) is 11.5. The van der Waals surface area contributed by atoms with Gasteiger partial charge >= 0.3 is 0 Å². The molecule has 2 aromatic rings. The number of benzene rings is 1. The van der Waals surface area contributed by atoms with Crippen molar-refractivity contribution in [3.63, 3.8) is 0 Å². The van der Waals surface area contributed by atoms with Crippen molar-refractivity contribution in [2.24, 2.45) is 0 Å². The summed E-state index contributed by atoms with van der Waals surface area (Å²) in [5, 5.41) is 0.816. The molecule has 0 unspecified atom stereocenters. The SMILES string of the molecule is Clc1ccc2c(c1)/C(=C\c1ccncc1)CCC2. The molecule has 0 bridgehead atoms. The summed E-state index contributed by atoms with van der Waals surface area (Å²) >= 11 is 6.11. The number of fused-ring (bicyclic) bond motifs is 1. The van der Waals surface area contributed by atoms with Gasteiger partial charge in [0.15, 0.2) is 0 Å². The summed E-state index contributed by atoms with van der Waals surface area (Å²) in [5.41, 5.74) is 5.30. The Morgan fingerprint density at radius 2 is 1.89 bits per heavy atom. The van der Waals surface area contributed by atoms with Crippen LogP contribution < -0.4 is 0 Å². The van der Waals surface area contributed by atoms with Crippen molar-refractivity contribution in [3.05, 3.63) is 64.4 Å². The highest BCUT2D eigenvalue weighted by Crippen LogP contribution is 2.33. The Morgan fingerprint density at radius 3 is 2.72 bits per heavy atom. The van der Waals surface area contributed by atoms with E-state index in [1.54, 1.807) is 0 Å². The molecule has 1 aromatic carbocycles. The van der Waals surface area contributed by atoms with Crippen LogP contribution in [0.2, 0.25) is 5.02 Å². The Balaban J connectivity index is 2.06. The van der Waals surface area contributed by atoms with E-state index in [-0.39, 0.29) is 0 Å². The predicted molar refractivity (Wildman–Crippen MR) is 76.5 cm³/mol. The highest BCUT2D eigenvalue weighted by atomic mass is 35.5. The van der Waals surface area contributed by atoms with Crippen LogP contribution >= 0.6 is 11.6 Å². The third-order valence-electron chi connectivity index (χ3n) is 3.36. The second kappa shape index (κ2) is 4.95. The van der Waals surface area contributed by atoms with Gasteiger partial charge in [-0.25, -0.2) is 0 Å². The summed E-state index contributed by atoms with van der Waals surface area (Å²) in [6.45, 7) is 0. The van der Waals surface area contributed by atoms with Crippen LogP contribution in [0.3, 0.4) is 0 Å². The molecular formula is C16H14ClN. The molecule has 0 amide bonds. The average molecular weight is 256 g/mol. The summed E-state index contributed by atoms with van der Waals surface area (Å²) in [6, 6.07) is 10.3. The van der Waals surface area contributed by atoms with Crippen molar-refractivity contribution in [3.8, 4) is 0 Å². The molecule has 0 saturated heterocycles. The fraction of sp³-hybridized carbons (Fsp3) is 0.188. The van der Waals surface area contributed by atoms with E-state index < -0.39 is 0 Å². The number of hydrogen-bond acceptors (Lipinski definition) is 1. The smallest absolute Gasteiger partial charge is 0.0412 e. The average Bonchev–Trinajstić information content (AvgIpc) is 2.41. The van der Waals surface area contributed by atoms with Gasteiger partial charge in [-0.15, -0.1) is 0 Å². The number of nitrogens with zero attached hydrogens (tertiary/aromatic N) is 1. The van der Waals surface area contributed by atoms with Crippen LogP contribution in [0.15, 0.2) is 42.7 Å². The maximum Gasteiger partial charge on any atom is 0.0412 e. The Hall–Kier alpha value is -1.60. The lowest BCUT2D eigenvalue weighted by Crippen LogP contribution is -2.01. The van der Waals surface area contributed by atoms with E-state index in [1.807, 2.05) is 30.6 Å². The first-order valence-corrected chi connectivity index (χ1v) is 6.60. The Kier molecular flexibility index (Phi) is 3.16. The number of aromatic nitrogens is 1. The van der Waals surface area contributed by atoms with Gasteiger partial charge in [0.25, 0.3) is 0 Å². The van der Waals surface area contributed by atoms with Crippen molar-refractivity contribution < 1.29 is 0 Å². The third kappa shape index (κ3) is 2.32. The van der Waals surface area contributed by atoms with Crippen LogP contribution in [0.1, 0.15) is 29.5 Å². The summed E-state index contributed by atoms with van der Waals surface area (Å²) in [5.74, 6) is 0. The van der Waals surface area contributed by atoms with Crippen LogP contribution in [0.5, 0.6) is 0 Å². The molecular weight excluding hydrogens is 242 g/mol. The second-order valence-corrected chi connectivity index (χ2v) is 5.04. The summed E-state index contributed by atoms with van der Waals surface area (Å²) < 4.78 is 0. The van der Waals surface area contributed by atoms with Gasteiger partial charge in [-0.3, -0.25) is 4.98 Å². The number of pyridine rings is 1. The number of rotatable bonds is 1. The zero-order valence-electron chi connectivity index (χ0n) is 10.1. The minimum atomic E-state index is 0.816. The zero-order valence-corrected chi connectivity index (χ0v) is 10.8. The molecule has 1 heterocycles. The van der Waals surface area contributed by atoms with Gasteiger partial charge in [-0.2, -0.15) is 0 Å². The Bertz CT molecular complexity index is 587. The van der Waals surface area contributed by atoms with E-state index >= 15 is 0 Å². The van der Waals surface area contributed by atoms with Gasteiger partial charge in [-0.05, 0) is 65.8 Å². The van der Waals surface area contributed by atoms with Crippen molar-refractivity contribution in [1.82, 2.24) is 4.98 Å². The molecule has 1 aromatic heterocycles. The summed E-state index contributed by atoms with van der Waals surface area (Å²) in [4.78, 5) is 4.05. The number of aryl methyl sites for hydroxylation is 1. The highest BCUT2D eigenvalue weighted by Gasteiger charge is 2.14. The molecule has 1 nitrogen and oxygen atoms in total. The molecule has 1 aliphatic rings. The second-order valence-electron chi connectivity index (χ2n) is 4.61. The van der Waals surface area contributed by atoms with Crippen molar-refractivity contribution in [2.45, 2.75) is 19.3 Å². The van der Waals surface area contributed by atoms with Crippen molar-refractivity contribution >= 4 is 23.3 Å². The Morgan fingerprint density at radius 1 is 1.06 bits per heavy atom. The molecule has 0 aliphatic heterocycles. The fourth-order valence-electron chi connectivity index (χ4n) is 2.48. The minimum Gasteiger partial charge on any atom is -0.265 e. The third-order valence-corrected chi connectivity index (χ3v) is 3.59. The molecule has 0 fully saturated rings. The first-order chi connectivity index (χ1) is 8.83. The normalized spacial score (nSPS) is 16.6. The van der Waals surface area contributed by atoms with Crippen LogP contribution in [-0.2, 0) is 6.42 Å². The van der Waals surface area contributed by atoms with Gasteiger partial charge in [-0.1, -0.05) is 23.7 Å². The quantitative estimate of drug-likeness (QED) is 0.725. The standard InChI is InChI=1S/C16H14ClN/c17-15-5-4-13-2-1-3-14(16(13)11-15)10-12-6-8-18-9-7-12/h4-11H,1-3H2/b14-10-. The maximum absolute atomic E-state index is 6.11. The predicted octanol–water partition coefficient (Wildman–Crippen LogP) is 4.61. The molecule has 90 valence electrons. The van der Waals surface area contributed by atoms with Gasteiger partial charge in [0, 0.05) is 17.4 Å². The molecule has 0 saturated carbocycles. The van der Waals surface area contributed by atoms with Crippen LogP contribution in [-0.4, -0.2) is 4.98 Å². The summed E-state index contributed by atoms with van der Waals surface area (Å²) in [6.07, 6.45) is 9.39. The summed E-state index contributed by atoms with van der Waals surface area (Å²) in [7, 11) is 0. The van der Waals surface area contributed by atoms with Crippen LogP contribution in [0.4, 0.5) is 0 Å². The Labute approximate surface area is 112 Å². The van der Waals surface area contributed by atoms with E-state index in [4.69, 9.17) is 11.6 Å². The van der Waals surface area contributed by atoms with E-state index in [1.165, 1.54) is 28.7 Å². The number of halogens is 1. The molecule has 0 N–H and O–H groups in total. The first-order valence-electron chi connectivity index (χ1n) is 6.22. The monoisotopic (exact) mass is 255 g/mol. The number of hydrogen-bond donors (Lipinski definition) is 0. The van der Waals surface area contributed by atoms with Gasteiger partial charge in [0.05, 0.1) is 0 Å². The molecule has 18 heavy (non-hydrogen) atoms. The van der Waals surface area contributed by atoms with Gasteiger partial charge in [0.2, 0.25) is 0 Å². The van der Waals surface area contributed by atoms with Crippen molar-refractivity contribution in [1.29, 1.82) is 0 Å². The topological polar surface area (TPSA) is 12.9 Å². The molecule has 1 aliphatic carbocycles. The van der Waals surface area contributed by atoms with Crippen LogP contribution in [0.25, 0.3) is 11.6 Å². The molecule has 2 heteroatoms. The van der Waals surface area contributed by atoms with Crippen LogP contribution in [0, 0.1) is 0 Å². The highest BCUT2D eigenvalue weighted by molar-refractivity contribution is 6.30. The van der Waals surface area contributed by atoms with E-state index in [2.05, 4.69) is 23.2 Å². The van der Waals surface area contributed by atoms with E-state index in [0.717, 1.165) is 17.9 Å². The lowest BCUT2D eigenvalue weighted by molar-refractivity contribution is 0.824. The van der Waals surface area contributed by atoms with Gasteiger partial charge < -0.3 is 0 Å². The van der Waals surface area contributed by atoms with Gasteiger partial charge in [0.1, 0.15) is 0 Å². The number of allylic oxidation sites excluding steroid dienone is 1. The fourth-order valence-corrected chi connectivity index (χ4v) is 2.65. The lowest BCUT2D eigenvalue weighted by atomic mass is 9.86. The maximum atomic E-state index is 6.11. The molecule has 0 radical (unpaired) electrons. The molecule has 0 atom stereocenters. The lowest BCUT2D eigenvalue weighted by Gasteiger charge is -2.19. The molecule has 3 rings (SSSR count). The minimum absolute atomic E-state index is 0.816. The zero-order chi connectivity index (χ0) is 12.4. The van der Waals surface area contributed by atoms with E-state index in [9.17, 15) is 0 Å². The van der Waals surface area contributed by atoms with Crippen molar-refractivity contribution in [2.75, 3.05) is 0 Å².